The summed E-state index contributed by atoms with van der Waals surface area (Å²) in [7, 11) is 3.39. The first-order valence-electron chi connectivity index (χ1n) is 11.2. The average molecular weight is 462 g/mol. The van der Waals surface area contributed by atoms with Crippen LogP contribution in [0.15, 0.2) is 29.1 Å². The van der Waals surface area contributed by atoms with E-state index in [2.05, 4.69) is 48.8 Å². The molecule has 1 saturated heterocycles. The second-order valence-electron chi connectivity index (χ2n) is 8.21. The quantitative estimate of drug-likeness (QED) is 0.429. The van der Waals surface area contributed by atoms with Crippen LogP contribution in [0.1, 0.15) is 12.7 Å². The summed E-state index contributed by atoms with van der Waals surface area (Å²) in [5, 5.41) is 4.29. The van der Waals surface area contributed by atoms with Crippen molar-refractivity contribution in [1.29, 1.82) is 0 Å². The molecule has 3 aromatic heterocycles. The van der Waals surface area contributed by atoms with Crippen molar-refractivity contribution in [1.82, 2.24) is 33.6 Å². The minimum Gasteiger partial charge on any atom is -0.497 e. The number of nitrogens with two attached hydrogens (primary N) is 1. The Balaban J connectivity index is 1.34. The van der Waals surface area contributed by atoms with Gasteiger partial charge in [0.25, 0.3) is 0 Å². The van der Waals surface area contributed by atoms with Gasteiger partial charge in [-0.05, 0) is 37.1 Å². The first-order valence-corrected chi connectivity index (χ1v) is 11.2. The fraction of sp³-hybridized carbons (Fsp3) is 0.391. The van der Waals surface area contributed by atoms with Gasteiger partial charge in [-0.1, -0.05) is 5.92 Å². The maximum absolute atomic E-state index is 13.1. The van der Waals surface area contributed by atoms with E-state index in [1.165, 1.54) is 10.2 Å². The third-order valence-electron chi connectivity index (χ3n) is 6.26. The summed E-state index contributed by atoms with van der Waals surface area (Å²) in [4.78, 5) is 26.7. The number of hydrogen-bond acceptors (Lipinski definition) is 8. The van der Waals surface area contributed by atoms with Gasteiger partial charge >= 0.3 is 5.69 Å². The Morgan fingerprint density at radius 1 is 1.06 bits per heavy atom. The summed E-state index contributed by atoms with van der Waals surface area (Å²) in [5.74, 6) is 6.99. The molecular formula is C23H27N9O2. The van der Waals surface area contributed by atoms with Gasteiger partial charge in [-0.2, -0.15) is 14.5 Å². The van der Waals surface area contributed by atoms with Crippen LogP contribution in [0.4, 0.5) is 11.6 Å². The van der Waals surface area contributed by atoms with Crippen LogP contribution in [-0.4, -0.2) is 73.4 Å². The molecule has 0 atom stereocenters. The summed E-state index contributed by atoms with van der Waals surface area (Å²) < 4.78 is 9.90. The fourth-order valence-electron chi connectivity index (χ4n) is 4.42. The second-order valence-corrected chi connectivity index (χ2v) is 8.21. The van der Waals surface area contributed by atoms with Crippen LogP contribution in [0.25, 0.3) is 16.8 Å². The number of aromatic nitrogens is 6. The lowest BCUT2D eigenvalue weighted by Crippen LogP contribution is -2.47. The molecule has 1 aliphatic rings. The zero-order valence-electron chi connectivity index (χ0n) is 19.5. The fourth-order valence-corrected chi connectivity index (χ4v) is 4.42. The molecule has 34 heavy (non-hydrogen) atoms. The van der Waals surface area contributed by atoms with Crippen molar-refractivity contribution >= 4 is 28.4 Å². The minimum atomic E-state index is -0.155. The molecule has 11 heteroatoms. The van der Waals surface area contributed by atoms with Gasteiger partial charge in [0.2, 0.25) is 11.8 Å². The first-order chi connectivity index (χ1) is 16.5. The highest BCUT2D eigenvalue weighted by atomic mass is 16.5. The molecule has 0 saturated carbocycles. The number of fused-ring (bicyclic) bond motifs is 3. The van der Waals surface area contributed by atoms with Crippen LogP contribution in [0.2, 0.25) is 0 Å². The number of imidazole rings is 1. The van der Waals surface area contributed by atoms with E-state index in [4.69, 9.17) is 10.5 Å². The van der Waals surface area contributed by atoms with Gasteiger partial charge in [-0.15, -0.1) is 5.10 Å². The number of nitrogens with zero attached hydrogens (tertiary/aromatic N) is 8. The number of anilines is 2. The van der Waals surface area contributed by atoms with E-state index >= 15 is 0 Å². The first kappa shape index (κ1) is 21.8. The Morgan fingerprint density at radius 2 is 1.79 bits per heavy atom. The summed E-state index contributed by atoms with van der Waals surface area (Å²) >= 11 is 0. The molecule has 4 heterocycles. The topological polar surface area (TPSA) is 112 Å². The molecule has 4 aromatic rings. The van der Waals surface area contributed by atoms with Crippen LogP contribution < -0.4 is 21.1 Å². The van der Waals surface area contributed by atoms with E-state index in [9.17, 15) is 4.79 Å². The number of nitrogen functional groups attached to an aromatic ring is 1. The number of ether oxygens (including phenoxy) is 1. The van der Waals surface area contributed by atoms with Crippen LogP contribution in [0.3, 0.4) is 0 Å². The standard InChI is InChI=1S/C23H27N9O2/c1-4-5-18-25-21-19-20(26-22(24)32(21)27-18)31(23(33)28(19)2)15-12-29-10-13-30(14-11-29)16-6-8-17(34-3)9-7-16/h6-9H,10-15H2,1-3H3,(H2,24,26). The van der Waals surface area contributed by atoms with Crippen LogP contribution in [0.5, 0.6) is 5.75 Å². The molecule has 0 aliphatic carbocycles. The number of methoxy groups -OCH3 is 1. The Labute approximate surface area is 196 Å². The SMILES string of the molecule is CC#Cc1nc2c3c(nc(N)n2n1)n(CCN1CCN(c2ccc(OC)cc2)CC1)c(=O)n3C. The molecule has 1 fully saturated rings. The van der Waals surface area contributed by atoms with Crippen LogP contribution >= 0.6 is 0 Å². The summed E-state index contributed by atoms with van der Waals surface area (Å²) in [6.45, 7) is 6.63. The largest absolute Gasteiger partial charge is 0.497 e. The lowest BCUT2D eigenvalue weighted by atomic mass is 10.2. The van der Waals surface area contributed by atoms with Crippen molar-refractivity contribution in [3.63, 3.8) is 0 Å². The van der Waals surface area contributed by atoms with Gasteiger partial charge in [0.15, 0.2) is 11.3 Å². The minimum absolute atomic E-state index is 0.155. The highest BCUT2D eigenvalue weighted by Crippen LogP contribution is 2.21. The molecule has 176 valence electrons. The Hall–Kier alpha value is -4.04. The maximum Gasteiger partial charge on any atom is 0.330 e. The van der Waals surface area contributed by atoms with Crippen LogP contribution in [-0.2, 0) is 13.6 Å². The number of benzene rings is 1. The number of aryl methyl sites for hydroxylation is 1. The highest BCUT2D eigenvalue weighted by Gasteiger charge is 2.22. The second kappa shape index (κ2) is 8.72. The van der Waals surface area contributed by atoms with E-state index in [1.54, 1.807) is 30.2 Å². The lowest BCUT2D eigenvalue weighted by Gasteiger charge is -2.36. The molecule has 5 rings (SSSR count). The maximum atomic E-state index is 13.1. The van der Waals surface area contributed by atoms with Crippen molar-refractivity contribution in [3.05, 3.63) is 40.6 Å². The Kier molecular flexibility index (Phi) is 5.59. The Morgan fingerprint density at radius 3 is 2.47 bits per heavy atom. The Bertz CT molecular complexity index is 1460. The zero-order chi connectivity index (χ0) is 23.8. The van der Waals surface area contributed by atoms with E-state index in [-0.39, 0.29) is 11.6 Å². The van der Waals surface area contributed by atoms with Crippen molar-refractivity contribution in [3.8, 4) is 17.6 Å². The molecule has 0 unspecified atom stereocenters. The summed E-state index contributed by atoms with van der Waals surface area (Å²) in [6.07, 6.45) is 0. The summed E-state index contributed by atoms with van der Waals surface area (Å²) in [5.41, 5.74) is 8.76. The van der Waals surface area contributed by atoms with Gasteiger partial charge in [0.05, 0.1) is 7.11 Å². The van der Waals surface area contributed by atoms with Gasteiger partial charge in [-0.25, -0.2) is 4.79 Å². The highest BCUT2D eigenvalue weighted by molar-refractivity contribution is 5.87. The molecule has 0 spiro atoms. The average Bonchev–Trinajstić information content (AvgIpc) is 3.38. The predicted octanol–water partition coefficient (Wildman–Crippen LogP) is 0.562. The molecule has 11 nitrogen and oxygen atoms in total. The van der Waals surface area contributed by atoms with Gasteiger partial charge in [0, 0.05) is 52.0 Å². The van der Waals surface area contributed by atoms with E-state index in [1.807, 2.05) is 12.1 Å². The van der Waals surface area contributed by atoms with Gasteiger partial charge < -0.3 is 15.4 Å². The number of piperazine rings is 1. The van der Waals surface area contributed by atoms with E-state index in [0.717, 1.165) is 38.5 Å². The molecule has 2 N–H and O–H groups in total. The van der Waals surface area contributed by atoms with Crippen molar-refractivity contribution in [2.24, 2.45) is 7.05 Å². The number of hydrogen-bond donors (Lipinski definition) is 1. The molecule has 0 bridgehead atoms. The van der Waals surface area contributed by atoms with E-state index in [0.29, 0.717) is 29.2 Å². The zero-order valence-corrected chi connectivity index (χ0v) is 19.5. The normalized spacial score (nSPS) is 14.5. The molecule has 1 aromatic carbocycles. The molecular weight excluding hydrogens is 434 g/mol. The summed E-state index contributed by atoms with van der Waals surface area (Å²) in [6, 6.07) is 8.14. The molecule has 0 amide bonds. The third-order valence-corrected chi connectivity index (χ3v) is 6.26. The molecule has 1 aliphatic heterocycles. The smallest absolute Gasteiger partial charge is 0.330 e. The van der Waals surface area contributed by atoms with Gasteiger partial charge in [0.1, 0.15) is 11.3 Å². The molecule has 0 radical (unpaired) electrons. The monoisotopic (exact) mass is 461 g/mol. The van der Waals surface area contributed by atoms with Crippen molar-refractivity contribution < 1.29 is 4.74 Å². The van der Waals surface area contributed by atoms with Crippen molar-refractivity contribution in [2.45, 2.75) is 13.5 Å². The van der Waals surface area contributed by atoms with E-state index < -0.39 is 0 Å². The number of rotatable bonds is 5. The predicted molar refractivity (Wildman–Crippen MR) is 130 cm³/mol. The third kappa shape index (κ3) is 3.72. The van der Waals surface area contributed by atoms with Gasteiger partial charge in [-0.3, -0.25) is 14.0 Å². The lowest BCUT2D eigenvalue weighted by molar-refractivity contribution is 0.248. The van der Waals surface area contributed by atoms with Crippen molar-refractivity contribution in [2.75, 3.05) is 50.5 Å². The van der Waals surface area contributed by atoms with Crippen LogP contribution in [0, 0.1) is 11.8 Å².